The number of carboxylic acids is 1. The van der Waals surface area contributed by atoms with Crippen molar-refractivity contribution in [3.05, 3.63) is 80.1 Å². The summed E-state index contributed by atoms with van der Waals surface area (Å²) in [5.41, 5.74) is 3.55. The van der Waals surface area contributed by atoms with Crippen LogP contribution < -0.4 is 5.32 Å². The maximum absolute atomic E-state index is 13.3. The smallest absolute Gasteiger partial charge is 0.303 e. The molecule has 5 rings (SSSR count). The Hall–Kier alpha value is -3.40. The van der Waals surface area contributed by atoms with Crippen LogP contribution in [0.2, 0.25) is 10.0 Å². The zero-order chi connectivity index (χ0) is 27.2. The van der Waals surface area contributed by atoms with Gasteiger partial charge in [0.25, 0.3) is 5.91 Å². The van der Waals surface area contributed by atoms with Crippen molar-refractivity contribution in [1.29, 1.82) is 0 Å². The monoisotopic (exact) mass is 572 g/mol. The number of aromatic nitrogens is 1. The van der Waals surface area contributed by atoms with Gasteiger partial charge in [0, 0.05) is 56.7 Å². The van der Waals surface area contributed by atoms with Crippen molar-refractivity contribution < 1.29 is 27.9 Å². The van der Waals surface area contributed by atoms with Gasteiger partial charge >= 0.3 is 5.97 Å². The third-order valence-corrected chi connectivity index (χ3v) is 9.08. The Balaban J connectivity index is 1.57. The van der Waals surface area contributed by atoms with Crippen LogP contribution in [0.3, 0.4) is 0 Å². The van der Waals surface area contributed by atoms with Gasteiger partial charge in [-0.25, -0.2) is 8.42 Å². The number of aromatic amines is 1. The van der Waals surface area contributed by atoms with Gasteiger partial charge in [-0.2, -0.15) is 0 Å². The first-order chi connectivity index (χ1) is 18.0. The zero-order valence-electron chi connectivity index (χ0n) is 19.9. The van der Waals surface area contributed by atoms with Crippen LogP contribution in [-0.4, -0.2) is 36.2 Å². The van der Waals surface area contributed by atoms with Gasteiger partial charge in [0.1, 0.15) is 0 Å². The van der Waals surface area contributed by atoms with E-state index in [4.69, 9.17) is 23.2 Å². The van der Waals surface area contributed by atoms with Crippen LogP contribution in [0.25, 0.3) is 11.6 Å². The number of sulfone groups is 1. The minimum Gasteiger partial charge on any atom is -0.481 e. The summed E-state index contributed by atoms with van der Waals surface area (Å²) in [6.45, 7) is 0. The number of H-pyrrole nitrogens is 1. The van der Waals surface area contributed by atoms with Crippen LogP contribution >= 0.6 is 23.2 Å². The maximum Gasteiger partial charge on any atom is 0.303 e. The largest absolute Gasteiger partial charge is 0.481 e. The fourth-order valence-corrected chi connectivity index (χ4v) is 7.02. The lowest BCUT2D eigenvalue weighted by atomic mass is 9.91. The van der Waals surface area contributed by atoms with E-state index >= 15 is 0 Å². The molecule has 38 heavy (non-hydrogen) atoms. The van der Waals surface area contributed by atoms with Crippen molar-refractivity contribution in [2.45, 2.75) is 42.8 Å². The molecule has 1 aromatic heterocycles. The number of nitrogens with one attached hydrogen (secondary N) is 2. The molecule has 0 fully saturated rings. The SMILES string of the molecule is O=C(O)CCc1c(/C=C2\C(=O)Nc3ccc(S(=O)(=O)Cc4c(Cl)cccc4Cl)cc32)[nH]c2c1C(=O)CCC2. The summed E-state index contributed by atoms with van der Waals surface area (Å²) in [5.74, 6) is -1.92. The van der Waals surface area contributed by atoms with Crippen LogP contribution in [0, 0.1) is 0 Å². The molecule has 2 aromatic carbocycles. The number of carbonyl (C=O) groups is 3. The number of hydrogen-bond acceptors (Lipinski definition) is 5. The third kappa shape index (κ3) is 4.89. The molecule has 196 valence electrons. The maximum atomic E-state index is 13.3. The number of carboxylic acid groups (broad SMARTS) is 1. The lowest BCUT2D eigenvalue weighted by Gasteiger charge is -2.11. The highest BCUT2D eigenvalue weighted by molar-refractivity contribution is 7.90. The lowest BCUT2D eigenvalue weighted by molar-refractivity contribution is -0.137. The molecule has 3 aromatic rings. The second-order valence-electron chi connectivity index (χ2n) is 9.22. The van der Waals surface area contributed by atoms with E-state index in [0.717, 1.165) is 5.69 Å². The number of aryl methyl sites for hydroxylation is 1. The molecule has 2 aliphatic rings. The predicted molar refractivity (Wildman–Crippen MR) is 144 cm³/mol. The highest BCUT2D eigenvalue weighted by Crippen LogP contribution is 2.38. The summed E-state index contributed by atoms with van der Waals surface area (Å²) in [7, 11) is -3.88. The lowest BCUT2D eigenvalue weighted by Crippen LogP contribution is -2.11. The standard InChI is InChI=1S/C27H22Cl2N2O6S/c28-19-3-1-4-20(29)18(19)13-38(36,37)14-7-9-21-16(11-14)17(27(35)31-21)12-23-15(8-10-25(33)34)26-22(30-23)5-2-6-24(26)32/h1,3-4,7,9,11-12,30H,2,5-6,8,10,13H2,(H,31,35)(H,33,34)/b17-12-. The molecule has 1 aliphatic carbocycles. The minimum absolute atomic E-state index is 0.0123. The van der Waals surface area contributed by atoms with E-state index in [1.807, 2.05) is 0 Å². The number of amides is 1. The molecule has 0 saturated heterocycles. The Labute approximate surface area is 228 Å². The van der Waals surface area contributed by atoms with Crippen LogP contribution in [0.1, 0.15) is 57.7 Å². The summed E-state index contributed by atoms with van der Waals surface area (Å²) in [6, 6.07) is 9.10. The number of halogens is 2. The average molecular weight is 573 g/mol. The first-order valence-electron chi connectivity index (χ1n) is 11.9. The first-order valence-corrected chi connectivity index (χ1v) is 14.3. The van der Waals surface area contributed by atoms with Crippen LogP contribution in [0.4, 0.5) is 5.69 Å². The van der Waals surface area contributed by atoms with Crippen molar-refractivity contribution in [1.82, 2.24) is 4.98 Å². The van der Waals surface area contributed by atoms with Gasteiger partial charge in [0.2, 0.25) is 0 Å². The molecule has 1 aliphatic heterocycles. The van der Waals surface area contributed by atoms with E-state index in [-0.39, 0.29) is 44.7 Å². The summed E-state index contributed by atoms with van der Waals surface area (Å²) in [6.07, 6.45) is 3.20. The van der Waals surface area contributed by atoms with E-state index in [1.165, 1.54) is 18.2 Å². The number of fused-ring (bicyclic) bond motifs is 2. The molecule has 0 radical (unpaired) electrons. The summed E-state index contributed by atoms with van der Waals surface area (Å²) in [4.78, 5) is 40.1. The summed E-state index contributed by atoms with van der Waals surface area (Å²) in [5, 5.41) is 12.4. The third-order valence-electron chi connectivity index (χ3n) is 6.73. The number of Topliss-reactive ketones (excluding diaryl/α,β-unsaturated/α-hetero) is 1. The number of aliphatic carboxylic acids is 1. The van der Waals surface area contributed by atoms with Gasteiger partial charge in [-0.05, 0) is 61.2 Å². The van der Waals surface area contributed by atoms with Gasteiger partial charge in [0.15, 0.2) is 15.6 Å². The van der Waals surface area contributed by atoms with E-state index in [2.05, 4.69) is 10.3 Å². The molecule has 8 nitrogen and oxygen atoms in total. The Bertz CT molecular complexity index is 1640. The molecule has 11 heteroatoms. The number of carbonyl (C=O) groups excluding carboxylic acids is 2. The van der Waals surface area contributed by atoms with Crippen LogP contribution in [-0.2, 0) is 38.0 Å². The Morgan fingerprint density at radius 1 is 1.05 bits per heavy atom. The fraction of sp³-hybridized carbons (Fsp3) is 0.222. The Morgan fingerprint density at radius 2 is 1.79 bits per heavy atom. The first kappa shape index (κ1) is 26.2. The second kappa shape index (κ2) is 10.1. The van der Waals surface area contributed by atoms with Gasteiger partial charge < -0.3 is 15.4 Å². The molecule has 0 atom stereocenters. The number of ketones is 1. The highest BCUT2D eigenvalue weighted by Gasteiger charge is 2.30. The van der Waals surface area contributed by atoms with Gasteiger partial charge in [-0.3, -0.25) is 14.4 Å². The number of hydrogen-bond donors (Lipinski definition) is 3. The molecule has 0 saturated carbocycles. The second-order valence-corrected chi connectivity index (χ2v) is 12.0. The zero-order valence-corrected chi connectivity index (χ0v) is 22.3. The number of rotatable bonds is 7. The van der Waals surface area contributed by atoms with Crippen LogP contribution in [0.15, 0.2) is 41.3 Å². The number of benzene rings is 2. The van der Waals surface area contributed by atoms with Crippen molar-refractivity contribution in [2.24, 2.45) is 0 Å². The van der Waals surface area contributed by atoms with Crippen molar-refractivity contribution in [2.75, 3.05) is 5.32 Å². The molecular weight excluding hydrogens is 551 g/mol. The average Bonchev–Trinajstić information content (AvgIpc) is 3.37. The molecule has 3 N–H and O–H groups in total. The minimum atomic E-state index is -3.88. The molecule has 0 spiro atoms. The van der Waals surface area contributed by atoms with E-state index < -0.39 is 27.5 Å². The molecule has 2 heterocycles. The molecule has 1 amide bonds. The predicted octanol–water partition coefficient (Wildman–Crippen LogP) is 5.32. The highest BCUT2D eigenvalue weighted by atomic mass is 35.5. The van der Waals surface area contributed by atoms with Gasteiger partial charge in [-0.1, -0.05) is 29.3 Å². The fourth-order valence-electron chi connectivity index (χ4n) is 4.90. The van der Waals surface area contributed by atoms with Crippen molar-refractivity contribution in [3.63, 3.8) is 0 Å². The summed E-state index contributed by atoms with van der Waals surface area (Å²) < 4.78 is 26.6. The topological polar surface area (TPSA) is 133 Å². The van der Waals surface area contributed by atoms with Gasteiger partial charge in [-0.15, -0.1) is 0 Å². The van der Waals surface area contributed by atoms with E-state index in [0.29, 0.717) is 47.3 Å². The van der Waals surface area contributed by atoms with Crippen LogP contribution in [0.5, 0.6) is 0 Å². The van der Waals surface area contributed by atoms with Gasteiger partial charge in [0.05, 0.1) is 16.2 Å². The van der Waals surface area contributed by atoms with E-state index in [9.17, 15) is 27.9 Å². The molecule has 0 unspecified atom stereocenters. The Morgan fingerprint density at radius 3 is 2.50 bits per heavy atom. The Kier molecular flexibility index (Phi) is 6.94. The quantitative estimate of drug-likeness (QED) is 0.328. The molecular formula is C27H22Cl2N2O6S. The van der Waals surface area contributed by atoms with E-state index in [1.54, 1.807) is 24.3 Å². The molecule has 0 bridgehead atoms. The number of anilines is 1. The van der Waals surface area contributed by atoms with Crippen molar-refractivity contribution >= 4 is 68.0 Å². The normalized spacial score (nSPS) is 15.9. The summed E-state index contributed by atoms with van der Waals surface area (Å²) >= 11 is 12.4. The van der Waals surface area contributed by atoms with Crippen molar-refractivity contribution in [3.8, 4) is 0 Å².